The molecule has 0 aromatic heterocycles. The zero-order valence-electron chi connectivity index (χ0n) is 31.1. The average molecular weight is 692 g/mol. The molecule has 264 valence electrons. The Morgan fingerprint density at radius 2 is 0.962 bits per heavy atom. The van der Waals surface area contributed by atoms with Crippen molar-refractivity contribution >= 4 is 23.2 Å². The zero-order valence-corrected chi connectivity index (χ0v) is 31.1. The van der Waals surface area contributed by atoms with E-state index in [4.69, 9.17) is 9.47 Å². The Kier molecular flexibility index (Phi) is 8.32. The van der Waals surface area contributed by atoms with Crippen molar-refractivity contribution < 1.29 is 19.1 Å². The maximum absolute atomic E-state index is 14.2. The summed E-state index contributed by atoms with van der Waals surface area (Å²) in [5.41, 5.74) is 16.3. The number of anilines is 2. The van der Waals surface area contributed by atoms with Crippen LogP contribution in [0.3, 0.4) is 0 Å². The first kappa shape index (κ1) is 33.6. The van der Waals surface area contributed by atoms with E-state index in [0.717, 1.165) is 91.3 Å². The summed E-state index contributed by atoms with van der Waals surface area (Å²) in [4.78, 5) is 34.0. The molecule has 3 aliphatic rings. The van der Waals surface area contributed by atoms with Gasteiger partial charge in [-0.05, 0) is 136 Å². The van der Waals surface area contributed by atoms with E-state index >= 15 is 0 Å². The van der Waals surface area contributed by atoms with Crippen LogP contribution in [0.5, 0.6) is 11.5 Å². The van der Waals surface area contributed by atoms with E-state index in [1.807, 2.05) is 35.1 Å². The summed E-state index contributed by atoms with van der Waals surface area (Å²) in [5.74, 6) is 1.24. The number of carbonyl (C=O) groups excluding carboxylic acids is 2. The minimum Gasteiger partial charge on any atom is -0.496 e. The van der Waals surface area contributed by atoms with Gasteiger partial charge in [-0.3, -0.25) is 14.5 Å². The van der Waals surface area contributed by atoms with E-state index in [1.165, 1.54) is 16.0 Å². The number of aryl methyl sites for hydroxylation is 2. The van der Waals surface area contributed by atoms with Crippen molar-refractivity contribution in [2.75, 3.05) is 58.8 Å². The number of fused-ring (bicyclic) bond motifs is 10. The number of hydrogen-bond donors (Lipinski definition) is 0. The number of benzene rings is 5. The van der Waals surface area contributed by atoms with Crippen molar-refractivity contribution in [2.24, 2.45) is 0 Å². The SMILES string of the molecule is CCCN1C(=O)c2c3c(c4c(c2C1=O)CCc1cc(-c2ccc(N(C)C)cc2)c(OC)cc1-4)-c1cc(OC)c(-c2ccc(N(C)C)cc2)cc1CC3. The summed E-state index contributed by atoms with van der Waals surface area (Å²) in [6.45, 7) is 2.42. The number of imide groups is 1. The van der Waals surface area contributed by atoms with Crippen LogP contribution in [0.2, 0.25) is 0 Å². The van der Waals surface area contributed by atoms with E-state index in [9.17, 15) is 9.59 Å². The Morgan fingerprint density at radius 1 is 0.558 bits per heavy atom. The van der Waals surface area contributed by atoms with E-state index in [2.05, 4.69) is 82.6 Å². The lowest BCUT2D eigenvalue weighted by atomic mass is 9.71. The van der Waals surface area contributed by atoms with Crippen molar-refractivity contribution in [3.8, 4) is 56.0 Å². The molecule has 0 atom stereocenters. The molecule has 0 saturated heterocycles. The highest BCUT2D eigenvalue weighted by Gasteiger charge is 2.44. The summed E-state index contributed by atoms with van der Waals surface area (Å²) in [6, 6.07) is 25.9. The Bertz CT molecular complexity index is 2110. The van der Waals surface area contributed by atoms with Crippen molar-refractivity contribution in [2.45, 2.75) is 39.0 Å². The van der Waals surface area contributed by atoms with Gasteiger partial charge in [-0.1, -0.05) is 31.2 Å². The van der Waals surface area contributed by atoms with Gasteiger partial charge in [-0.15, -0.1) is 0 Å². The maximum Gasteiger partial charge on any atom is 0.261 e. The molecule has 0 unspecified atom stereocenters. The Morgan fingerprint density at radius 3 is 1.31 bits per heavy atom. The molecule has 0 radical (unpaired) electrons. The molecule has 2 amide bonds. The molecule has 7 nitrogen and oxygen atoms in total. The second-order valence-electron chi connectivity index (χ2n) is 14.5. The van der Waals surface area contributed by atoms with Crippen LogP contribution < -0.4 is 19.3 Å². The van der Waals surface area contributed by atoms with E-state index in [1.54, 1.807) is 14.2 Å². The van der Waals surface area contributed by atoms with Crippen LogP contribution in [-0.2, 0) is 25.7 Å². The molecule has 1 aliphatic heterocycles. The largest absolute Gasteiger partial charge is 0.496 e. The number of rotatable bonds is 8. The van der Waals surface area contributed by atoms with Gasteiger partial charge in [-0.25, -0.2) is 0 Å². The second kappa shape index (κ2) is 12.9. The van der Waals surface area contributed by atoms with Gasteiger partial charge in [0.15, 0.2) is 0 Å². The lowest BCUT2D eigenvalue weighted by molar-refractivity contribution is 0.0653. The molecule has 0 spiro atoms. The van der Waals surface area contributed by atoms with Gasteiger partial charge in [0.2, 0.25) is 0 Å². The zero-order chi connectivity index (χ0) is 36.4. The molecule has 8 rings (SSSR count). The highest BCUT2D eigenvalue weighted by Crippen LogP contribution is 2.53. The molecule has 2 aliphatic carbocycles. The molecule has 0 saturated carbocycles. The minimum atomic E-state index is -0.159. The summed E-state index contributed by atoms with van der Waals surface area (Å²) < 4.78 is 12.2. The van der Waals surface area contributed by atoms with Crippen LogP contribution in [0.15, 0.2) is 72.8 Å². The van der Waals surface area contributed by atoms with Crippen LogP contribution in [0, 0.1) is 0 Å². The first-order valence-electron chi connectivity index (χ1n) is 18.2. The fourth-order valence-electron chi connectivity index (χ4n) is 8.52. The fraction of sp³-hybridized carbons (Fsp3) is 0.289. The summed E-state index contributed by atoms with van der Waals surface area (Å²) in [6.07, 6.45) is 3.57. The molecule has 0 bridgehead atoms. The average Bonchev–Trinajstić information content (AvgIpc) is 3.41. The topological polar surface area (TPSA) is 62.3 Å². The van der Waals surface area contributed by atoms with Crippen LogP contribution >= 0.6 is 0 Å². The quantitative estimate of drug-likeness (QED) is 0.152. The predicted octanol–water partition coefficient (Wildman–Crippen LogP) is 8.71. The summed E-state index contributed by atoms with van der Waals surface area (Å²) in [5, 5.41) is 0. The van der Waals surface area contributed by atoms with E-state index in [0.29, 0.717) is 36.9 Å². The molecule has 5 aromatic carbocycles. The Hall–Kier alpha value is -5.56. The fourth-order valence-corrected chi connectivity index (χ4v) is 8.52. The second-order valence-corrected chi connectivity index (χ2v) is 14.5. The van der Waals surface area contributed by atoms with Crippen LogP contribution in [0.1, 0.15) is 56.3 Å². The number of nitrogens with zero attached hydrogens (tertiary/aromatic N) is 3. The van der Waals surface area contributed by atoms with Crippen molar-refractivity contribution in [1.29, 1.82) is 0 Å². The van der Waals surface area contributed by atoms with Gasteiger partial charge in [0, 0.05) is 57.2 Å². The third kappa shape index (κ3) is 5.16. The number of carbonyl (C=O) groups is 2. The normalized spacial score (nSPS) is 13.9. The Balaban J connectivity index is 1.37. The first-order chi connectivity index (χ1) is 25.1. The van der Waals surface area contributed by atoms with Crippen molar-refractivity contribution in [3.05, 3.63) is 106 Å². The molecular weight excluding hydrogens is 647 g/mol. The van der Waals surface area contributed by atoms with Crippen molar-refractivity contribution in [1.82, 2.24) is 4.90 Å². The highest BCUT2D eigenvalue weighted by molar-refractivity contribution is 6.25. The predicted molar refractivity (Wildman–Crippen MR) is 210 cm³/mol. The number of hydrogen-bond acceptors (Lipinski definition) is 6. The van der Waals surface area contributed by atoms with E-state index in [-0.39, 0.29) is 11.8 Å². The lowest BCUT2D eigenvalue weighted by Crippen LogP contribution is -2.30. The molecular formula is C45H45N3O4. The van der Waals surface area contributed by atoms with Crippen LogP contribution in [-0.4, -0.2) is 65.7 Å². The molecule has 1 heterocycles. The minimum absolute atomic E-state index is 0.159. The molecule has 52 heavy (non-hydrogen) atoms. The highest BCUT2D eigenvalue weighted by atomic mass is 16.5. The maximum atomic E-state index is 14.2. The van der Waals surface area contributed by atoms with Gasteiger partial charge in [0.05, 0.1) is 25.3 Å². The third-order valence-electron chi connectivity index (χ3n) is 11.1. The van der Waals surface area contributed by atoms with Gasteiger partial charge in [0.25, 0.3) is 11.8 Å². The lowest BCUT2D eigenvalue weighted by Gasteiger charge is -2.32. The molecule has 0 N–H and O–H groups in total. The van der Waals surface area contributed by atoms with Gasteiger partial charge in [0.1, 0.15) is 11.5 Å². The number of methoxy groups -OCH3 is 2. The molecule has 0 fully saturated rings. The standard InChI is InChI=1S/C45H45N3O4/c1-8-21-48-44(49)42-32-19-13-28-22-34(26-9-15-30(16-10-26)46(2)3)38(51-6)24-36(28)40(32)41-33(43(42)45(48)50)20-14-29-23-35(39(52-7)25-37(29)41)27-11-17-31(18-12-27)47(4)5/h9-12,15-18,22-25H,8,13-14,19-21H2,1-7H3. The Labute approximate surface area is 306 Å². The number of ether oxygens (including phenoxy) is 2. The van der Waals surface area contributed by atoms with Crippen LogP contribution in [0.25, 0.3) is 44.5 Å². The van der Waals surface area contributed by atoms with Crippen molar-refractivity contribution in [3.63, 3.8) is 0 Å². The third-order valence-corrected chi connectivity index (χ3v) is 11.1. The molecule has 7 heteroatoms. The van der Waals surface area contributed by atoms with Gasteiger partial charge >= 0.3 is 0 Å². The first-order valence-corrected chi connectivity index (χ1v) is 18.2. The monoisotopic (exact) mass is 691 g/mol. The smallest absolute Gasteiger partial charge is 0.261 e. The summed E-state index contributed by atoms with van der Waals surface area (Å²) in [7, 11) is 11.6. The van der Waals surface area contributed by atoms with Crippen LogP contribution in [0.4, 0.5) is 11.4 Å². The number of amides is 2. The molecule has 5 aromatic rings. The van der Waals surface area contributed by atoms with E-state index < -0.39 is 0 Å². The van der Waals surface area contributed by atoms with Gasteiger partial charge < -0.3 is 19.3 Å². The summed E-state index contributed by atoms with van der Waals surface area (Å²) >= 11 is 0. The van der Waals surface area contributed by atoms with Gasteiger partial charge in [-0.2, -0.15) is 0 Å².